The number of thioether (sulfide) groups is 1. The molecule has 0 spiro atoms. The fourth-order valence-corrected chi connectivity index (χ4v) is 7.10. The number of ether oxygens (including phenoxy) is 2. The van der Waals surface area contributed by atoms with E-state index < -0.39 is 37.6 Å². The highest BCUT2D eigenvalue weighted by Gasteiger charge is 2.59. The van der Waals surface area contributed by atoms with Gasteiger partial charge in [0.15, 0.2) is 5.60 Å². The third kappa shape index (κ3) is 7.50. The normalized spacial score (nSPS) is 21.7. The van der Waals surface area contributed by atoms with Crippen LogP contribution in [0, 0.1) is 5.92 Å². The number of cyclic esters (lactones) is 1. The molecule has 174 valence electrons. The largest absolute Gasteiger partial charge is 0.465 e. The van der Waals surface area contributed by atoms with Crippen LogP contribution in [-0.2, 0) is 20.7 Å². The van der Waals surface area contributed by atoms with Gasteiger partial charge in [-0.3, -0.25) is 4.98 Å². The summed E-state index contributed by atoms with van der Waals surface area (Å²) in [5, 5.41) is 11.9. The molecule has 31 heavy (non-hydrogen) atoms. The molecule has 7 nitrogen and oxygen atoms in total. The van der Waals surface area contributed by atoms with Crippen molar-refractivity contribution in [1.29, 1.82) is 0 Å². The van der Waals surface area contributed by atoms with Crippen LogP contribution in [0.3, 0.4) is 0 Å². The second-order valence-corrected chi connectivity index (χ2v) is 17.0. The lowest BCUT2D eigenvalue weighted by Crippen LogP contribution is -2.58. The van der Waals surface area contributed by atoms with Crippen molar-refractivity contribution < 1.29 is 24.2 Å². The number of carbonyl (C=O) groups excluding carboxylic acids is 1. The van der Waals surface area contributed by atoms with Gasteiger partial charge >= 0.3 is 12.1 Å². The van der Waals surface area contributed by atoms with Crippen molar-refractivity contribution in [3.05, 3.63) is 24.0 Å². The lowest BCUT2D eigenvalue weighted by atomic mass is 9.84. The fraction of sp³-hybridized carbons (Fsp3) is 0.682. The lowest BCUT2D eigenvalue weighted by molar-refractivity contribution is -0.170. The van der Waals surface area contributed by atoms with E-state index in [0.717, 1.165) is 10.6 Å². The Labute approximate surface area is 190 Å². The van der Waals surface area contributed by atoms with E-state index in [2.05, 4.69) is 29.9 Å². The molecule has 1 aromatic heterocycles. The summed E-state index contributed by atoms with van der Waals surface area (Å²) in [6.07, 6.45) is 1.10. The maximum absolute atomic E-state index is 13.1. The van der Waals surface area contributed by atoms with Crippen molar-refractivity contribution in [2.24, 2.45) is 5.92 Å². The van der Waals surface area contributed by atoms with Crippen LogP contribution in [0.1, 0.15) is 39.8 Å². The van der Waals surface area contributed by atoms with Gasteiger partial charge in [-0.25, -0.2) is 9.59 Å². The van der Waals surface area contributed by atoms with E-state index >= 15 is 0 Å². The zero-order chi connectivity index (χ0) is 23.4. The Kier molecular flexibility index (Phi) is 8.21. The Bertz CT molecular complexity index is 796. The molecule has 1 aromatic rings. The highest BCUT2D eigenvalue weighted by molar-refractivity contribution is 7.99. The average molecular weight is 469 g/mol. The molecule has 0 bridgehead atoms. The Morgan fingerprint density at radius 1 is 1.32 bits per heavy atom. The number of rotatable bonds is 10. The van der Waals surface area contributed by atoms with E-state index in [1.54, 1.807) is 31.8 Å². The van der Waals surface area contributed by atoms with Gasteiger partial charge in [0.25, 0.3) is 0 Å². The van der Waals surface area contributed by atoms with Crippen molar-refractivity contribution in [2.75, 3.05) is 5.75 Å². The average Bonchev–Trinajstić information content (AvgIpc) is 2.81. The Morgan fingerprint density at radius 2 is 2.00 bits per heavy atom. The van der Waals surface area contributed by atoms with Crippen molar-refractivity contribution in [1.82, 2.24) is 10.3 Å². The van der Waals surface area contributed by atoms with E-state index in [4.69, 9.17) is 9.47 Å². The molecule has 1 fully saturated rings. The van der Waals surface area contributed by atoms with Crippen molar-refractivity contribution in [2.45, 2.75) is 88.5 Å². The van der Waals surface area contributed by atoms with E-state index in [-0.39, 0.29) is 12.3 Å². The number of amides is 1. The summed E-state index contributed by atoms with van der Waals surface area (Å²) in [6.45, 7) is 14.3. The van der Waals surface area contributed by atoms with Crippen molar-refractivity contribution >= 4 is 31.9 Å². The van der Waals surface area contributed by atoms with Gasteiger partial charge < -0.3 is 19.9 Å². The first kappa shape index (κ1) is 25.7. The number of hydrogen-bond donors (Lipinski definition) is 2. The van der Waals surface area contributed by atoms with Gasteiger partial charge in [0.05, 0.1) is 6.04 Å². The van der Waals surface area contributed by atoms with Crippen LogP contribution in [0.2, 0.25) is 25.7 Å². The summed E-state index contributed by atoms with van der Waals surface area (Å²) < 4.78 is 11.6. The Balaban J connectivity index is 2.33. The van der Waals surface area contributed by atoms with Gasteiger partial charge in [-0.05, 0) is 36.3 Å². The zero-order valence-electron chi connectivity index (χ0n) is 19.7. The van der Waals surface area contributed by atoms with E-state index in [0.29, 0.717) is 12.1 Å². The minimum atomic E-state index is -1.47. The number of esters is 1. The third-order valence-electron chi connectivity index (χ3n) is 5.03. The predicted octanol–water partition coefficient (Wildman–Crippen LogP) is 4.79. The molecule has 1 saturated heterocycles. The molecule has 1 aliphatic heterocycles. The molecule has 0 aliphatic carbocycles. The maximum atomic E-state index is 13.1. The third-order valence-corrected chi connectivity index (χ3v) is 8.14. The quantitative estimate of drug-likeness (QED) is 0.289. The van der Waals surface area contributed by atoms with Crippen LogP contribution >= 0.6 is 11.8 Å². The minimum Gasteiger partial charge on any atom is -0.465 e. The highest BCUT2D eigenvalue weighted by Crippen LogP contribution is 2.39. The molecular weight excluding hydrogens is 432 g/mol. The van der Waals surface area contributed by atoms with Gasteiger partial charge in [0.2, 0.25) is 5.79 Å². The summed E-state index contributed by atoms with van der Waals surface area (Å²) in [5.41, 5.74) is -0.797. The highest BCUT2D eigenvalue weighted by atomic mass is 32.2. The first-order chi connectivity index (χ1) is 14.2. The monoisotopic (exact) mass is 468 g/mol. The molecule has 2 N–H and O–H groups in total. The molecule has 0 radical (unpaired) electrons. The number of carboxylic acid groups (broad SMARTS) is 1. The first-order valence-electron chi connectivity index (χ1n) is 10.7. The molecule has 0 aromatic carbocycles. The molecule has 2 rings (SSSR count). The van der Waals surface area contributed by atoms with Gasteiger partial charge in [0, 0.05) is 45.1 Å². The Hall–Kier alpha value is -1.58. The lowest BCUT2D eigenvalue weighted by Gasteiger charge is -2.35. The van der Waals surface area contributed by atoms with Crippen molar-refractivity contribution in [3.8, 4) is 0 Å². The summed E-state index contributed by atoms with van der Waals surface area (Å²) in [6, 6.07) is 4.38. The van der Waals surface area contributed by atoms with Gasteiger partial charge in [-0.2, -0.15) is 0 Å². The van der Waals surface area contributed by atoms with Crippen LogP contribution in [0.5, 0.6) is 0 Å². The maximum Gasteiger partial charge on any atom is 0.404 e. The topological polar surface area (TPSA) is 97.8 Å². The van der Waals surface area contributed by atoms with Gasteiger partial charge in [-0.15, -0.1) is 11.8 Å². The smallest absolute Gasteiger partial charge is 0.404 e. The number of aromatic nitrogens is 1. The van der Waals surface area contributed by atoms with Crippen LogP contribution < -0.4 is 5.32 Å². The zero-order valence-corrected chi connectivity index (χ0v) is 21.5. The number of hydrogen-bond acceptors (Lipinski definition) is 6. The number of carbonyl (C=O) groups is 2. The molecule has 1 aliphatic rings. The second kappa shape index (κ2) is 9.91. The summed E-state index contributed by atoms with van der Waals surface area (Å²) in [7, 11) is -1.12. The van der Waals surface area contributed by atoms with Crippen LogP contribution in [0.4, 0.5) is 4.79 Å². The molecule has 1 amide bonds. The number of nitrogens with zero attached hydrogens (tertiary/aromatic N) is 1. The number of pyridine rings is 1. The summed E-state index contributed by atoms with van der Waals surface area (Å²) in [5.74, 6) is -0.524. The summed E-state index contributed by atoms with van der Waals surface area (Å²) >= 11 is 1.78. The molecule has 2 heterocycles. The second-order valence-electron chi connectivity index (χ2n) is 10.2. The molecule has 0 saturated carbocycles. The standard InChI is InChI=1S/C22H36N2O5SSi/c1-15(2)12-18(24-20(26)27)22(19(25)28-21(3,4)29-22)14-16-13-17(8-9-23-16)30-10-11-31(5,6)7/h8-9,13,15,18,24H,10-12,14H2,1-7H3,(H,26,27)/t18-,22+/m0/s1. The SMILES string of the molecule is CC(C)C[C@H](NC(=O)O)[C@@]1(Cc2cc(SCC[Si](C)(C)C)ccn2)OC(C)(C)OC1=O. The van der Waals surface area contributed by atoms with Gasteiger partial charge in [0.1, 0.15) is 0 Å². The Morgan fingerprint density at radius 3 is 2.52 bits per heavy atom. The van der Waals surface area contributed by atoms with E-state index in [1.165, 1.54) is 6.04 Å². The predicted molar refractivity (Wildman–Crippen MR) is 125 cm³/mol. The van der Waals surface area contributed by atoms with Crippen LogP contribution in [0.25, 0.3) is 0 Å². The molecule has 2 atom stereocenters. The van der Waals surface area contributed by atoms with E-state index in [1.807, 2.05) is 26.0 Å². The first-order valence-corrected chi connectivity index (χ1v) is 15.4. The van der Waals surface area contributed by atoms with E-state index in [9.17, 15) is 14.7 Å². The van der Waals surface area contributed by atoms with Crippen LogP contribution in [-0.4, -0.2) is 53.4 Å². The fourth-order valence-electron chi connectivity index (χ4n) is 3.63. The minimum absolute atomic E-state index is 0.134. The number of nitrogens with one attached hydrogen (secondary N) is 1. The van der Waals surface area contributed by atoms with Crippen LogP contribution in [0.15, 0.2) is 23.2 Å². The van der Waals surface area contributed by atoms with Gasteiger partial charge in [-0.1, -0.05) is 33.5 Å². The molecule has 0 unspecified atom stereocenters. The van der Waals surface area contributed by atoms with Crippen molar-refractivity contribution in [3.63, 3.8) is 0 Å². The summed E-state index contributed by atoms with van der Waals surface area (Å²) in [4.78, 5) is 30.1. The molecule has 9 heteroatoms. The molecular formula is C22H36N2O5SSi.